The van der Waals surface area contributed by atoms with Crippen LogP contribution in [-0.2, 0) is 15.3 Å². The molecule has 3 heteroatoms. The minimum absolute atomic E-state index is 0.129. The SMILES string of the molecule is CO[C@]1(c2ccccc2)O[C@@]12CCCN(C)C2. The van der Waals surface area contributed by atoms with Crippen LogP contribution in [0.2, 0.25) is 0 Å². The zero-order valence-electron chi connectivity index (χ0n) is 10.5. The van der Waals surface area contributed by atoms with Gasteiger partial charge in [0.1, 0.15) is 5.60 Å². The molecule has 92 valence electrons. The normalized spacial score (nSPS) is 37.3. The number of rotatable bonds is 2. The lowest BCUT2D eigenvalue weighted by Crippen LogP contribution is -2.42. The average molecular weight is 233 g/mol. The summed E-state index contributed by atoms with van der Waals surface area (Å²) in [6.45, 7) is 2.11. The van der Waals surface area contributed by atoms with Crippen LogP contribution in [0.3, 0.4) is 0 Å². The highest BCUT2D eigenvalue weighted by Crippen LogP contribution is 2.59. The van der Waals surface area contributed by atoms with E-state index in [2.05, 4.69) is 24.1 Å². The molecule has 1 spiro atoms. The third-order valence-corrected chi connectivity index (χ3v) is 3.98. The van der Waals surface area contributed by atoms with Gasteiger partial charge in [-0.3, -0.25) is 0 Å². The summed E-state index contributed by atoms with van der Waals surface area (Å²) in [6.07, 6.45) is 2.26. The second kappa shape index (κ2) is 3.80. The molecule has 1 aromatic rings. The Labute approximate surface area is 102 Å². The van der Waals surface area contributed by atoms with Crippen molar-refractivity contribution in [2.45, 2.75) is 24.2 Å². The predicted octanol–water partition coefficient (Wildman–Crippen LogP) is 1.98. The van der Waals surface area contributed by atoms with Gasteiger partial charge in [0.25, 0.3) is 0 Å². The summed E-state index contributed by atoms with van der Waals surface area (Å²) < 4.78 is 11.8. The van der Waals surface area contributed by atoms with Crippen molar-refractivity contribution in [2.24, 2.45) is 0 Å². The van der Waals surface area contributed by atoms with Gasteiger partial charge in [-0.2, -0.15) is 0 Å². The van der Waals surface area contributed by atoms with Gasteiger partial charge in [0.05, 0.1) is 0 Å². The molecule has 0 aromatic heterocycles. The van der Waals surface area contributed by atoms with Crippen molar-refractivity contribution >= 4 is 0 Å². The summed E-state index contributed by atoms with van der Waals surface area (Å²) in [5.74, 6) is -0.511. The number of hydrogen-bond acceptors (Lipinski definition) is 3. The van der Waals surface area contributed by atoms with Crippen molar-refractivity contribution in [2.75, 3.05) is 27.2 Å². The molecule has 17 heavy (non-hydrogen) atoms. The molecule has 0 N–H and O–H groups in total. The molecule has 0 unspecified atom stereocenters. The zero-order chi connectivity index (χ0) is 11.9. The lowest BCUT2D eigenvalue weighted by molar-refractivity contribution is -0.0157. The zero-order valence-corrected chi connectivity index (χ0v) is 10.5. The second-order valence-corrected chi connectivity index (χ2v) is 5.12. The van der Waals surface area contributed by atoms with E-state index in [4.69, 9.17) is 9.47 Å². The lowest BCUT2D eigenvalue weighted by atomic mass is 9.88. The van der Waals surface area contributed by atoms with E-state index in [1.807, 2.05) is 18.2 Å². The van der Waals surface area contributed by atoms with Gasteiger partial charge < -0.3 is 14.4 Å². The first-order valence-corrected chi connectivity index (χ1v) is 6.22. The van der Waals surface area contributed by atoms with Crippen molar-refractivity contribution < 1.29 is 9.47 Å². The maximum atomic E-state index is 6.07. The molecular weight excluding hydrogens is 214 g/mol. The predicted molar refractivity (Wildman–Crippen MR) is 65.7 cm³/mol. The minimum Gasteiger partial charge on any atom is -0.347 e. The van der Waals surface area contributed by atoms with Gasteiger partial charge in [-0.05, 0) is 26.4 Å². The first-order valence-electron chi connectivity index (χ1n) is 6.22. The molecule has 3 rings (SSSR count). The van der Waals surface area contributed by atoms with Crippen molar-refractivity contribution in [3.8, 4) is 0 Å². The molecule has 1 aromatic carbocycles. The first kappa shape index (κ1) is 11.2. The van der Waals surface area contributed by atoms with Gasteiger partial charge in [0.15, 0.2) is 0 Å². The van der Waals surface area contributed by atoms with Gasteiger partial charge in [0.2, 0.25) is 5.79 Å². The van der Waals surface area contributed by atoms with Crippen LogP contribution in [0.5, 0.6) is 0 Å². The fourth-order valence-electron chi connectivity index (χ4n) is 3.16. The largest absolute Gasteiger partial charge is 0.347 e. The maximum Gasteiger partial charge on any atom is 0.227 e. The number of benzene rings is 1. The van der Waals surface area contributed by atoms with E-state index in [0.717, 1.165) is 25.1 Å². The summed E-state index contributed by atoms with van der Waals surface area (Å²) in [5.41, 5.74) is 1.01. The van der Waals surface area contributed by atoms with Crippen LogP contribution in [0, 0.1) is 0 Å². The van der Waals surface area contributed by atoms with Crippen molar-refractivity contribution in [3.63, 3.8) is 0 Å². The Balaban J connectivity index is 1.92. The fraction of sp³-hybridized carbons (Fsp3) is 0.571. The second-order valence-electron chi connectivity index (χ2n) is 5.12. The first-order chi connectivity index (χ1) is 8.22. The summed E-state index contributed by atoms with van der Waals surface area (Å²) in [4.78, 5) is 2.33. The van der Waals surface area contributed by atoms with Gasteiger partial charge in [-0.1, -0.05) is 30.3 Å². The Morgan fingerprint density at radius 3 is 2.71 bits per heavy atom. The van der Waals surface area contributed by atoms with Crippen LogP contribution >= 0.6 is 0 Å². The Kier molecular flexibility index (Phi) is 2.51. The maximum absolute atomic E-state index is 6.07. The highest BCUT2D eigenvalue weighted by atomic mass is 16.8. The molecule has 2 saturated heterocycles. The number of likely N-dealkylation sites (tertiary alicyclic amines) is 1. The third-order valence-electron chi connectivity index (χ3n) is 3.98. The van der Waals surface area contributed by atoms with Crippen LogP contribution in [0.1, 0.15) is 18.4 Å². The van der Waals surface area contributed by atoms with E-state index in [1.165, 1.54) is 6.42 Å². The smallest absolute Gasteiger partial charge is 0.227 e. The van der Waals surface area contributed by atoms with Crippen molar-refractivity contribution in [1.29, 1.82) is 0 Å². The third kappa shape index (κ3) is 1.53. The standard InChI is InChI=1S/C14H19NO2/c1-15-10-6-9-13(11-15)14(16-2,17-13)12-7-4-3-5-8-12/h3-5,7-8H,6,9-11H2,1-2H3/t13-,14-/m1/s1. The van der Waals surface area contributed by atoms with Gasteiger partial charge >= 0.3 is 0 Å². The number of ether oxygens (including phenoxy) is 2. The number of nitrogens with zero attached hydrogens (tertiary/aromatic N) is 1. The molecule has 0 amide bonds. The van der Waals surface area contributed by atoms with Crippen LogP contribution in [0.15, 0.2) is 30.3 Å². The van der Waals surface area contributed by atoms with E-state index < -0.39 is 5.79 Å². The minimum atomic E-state index is -0.511. The number of hydrogen-bond donors (Lipinski definition) is 0. The molecule has 0 bridgehead atoms. The summed E-state index contributed by atoms with van der Waals surface area (Å²) in [7, 11) is 3.89. The topological polar surface area (TPSA) is 25.0 Å². The summed E-state index contributed by atoms with van der Waals surface area (Å²) >= 11 is 0. The fourth-order valence-corrected chi connectivity index (χ4v) is 3.16. The number of piperidine rings is 1. The number of epoxide rings is 1. The molecule has 2 atom stereocenters. The van der Waals surface area contributed by atoms with E-state index in [0.29, 0.717) is 0 Å². The number of methoxy groups -OCH3 is 1. The highest BCUT2D eigenvalue weighted by Gasteiger charge is 2.72. The average Bonchev–Trinajstić information content (AvgIpc) is 2.98. The lowest BCUT2D eigenvalue weighted by Gasteiger charge is -2.29. The van der Waals surface area contributed by atoms with E-state index in [9.17, 15) is 0 Å². The molecule has 0 saturated carbocycles. The van der Waals surface area contributed by atoms with Gasteiger partial charge in [-0.25, -0.2) is 0 Å². The van der Waals surface area contributed by atoms with Crippen LogP contribution in [0.4, 0.5) is 0 Å². The van der Waals surface area contributed by atoms with Crippen LogP contribution in [0.25, 0.3) is 0 Å². The quantitative estimate of drug-likeness (QED) is 0.730. The molecule has 2 heterocycles. The summed E-state index contributed by atoms with van der Waals surface area (Å²) in [6, 6.07) is 10.3. The molecule has 3 nitrogen and oxygen atoms in total. The number of likely N-dealkylation sites (N-methyl/N-ethyl adjacent to an activating group) is 1. The monoisotopic (exact) mass is 233 g/mol. The molecule has 2 fully saturated rings. The molecule has 2 aliphatic heterocycles. The Morgan fingerprint density at radius 1 is 1.29 bits per heavy atom. The van der Waals surface area contributed by atoms with E-state index in [1.54, 1.807) is 7.11 Å². The van der Waals surface area contributed by atoms with Crippen molar-refractivity contribution in [3.05, 3.63) is 35.9 Å². The summed E-state index contributed by atoms with van der Waals surface area (Å²) in [5, 5.41) is 0. The van der Waals surface area contributed by atoms with E-state index in [-0.39, 0.29) is 5.60 Å². The molecular formula is C14H19NO2. The van der Waals surface area contributed by atoms with Gasteiger partial charge in [0, 0.05) is 19.2 Å². The molecule has 0 radical (unpaired) electrons. The Morgan fingerprint density at radius 2 is 2.06 bits per heavy atom. The highest BCUT2D eigenvalue weighted by molar-refractivity contribution is 5.31. The van der Waals surface area contributed by atoms with Crippen LogP contribution < -0.4 is 0 Å². The van der Waals surface area contributed by atoms with Gasteiger partial charge in [-0.15, -0.1) is 0 Å². The van der Waals surface area contributed by atoms with Crippen LogP contribution in [-0.4, -0.2) is 37.7 Å². The van der Waals surface area contributed by atoms with E-state index >= 15 is 0 Å². The Bertz CT molecular complexity index is 408. The van der Waals surface area contributed by atoms with Crippen molar-refractivity contribution in [1.82, 2.24) is 4.90 Å². The molecule has 2 aliphatic rings. The molecule has 0 aliphatic carbocycles. The Hall–Kier alpha value is -0.900.